The number of thiophene rings is 1. The predicted octanol–water partition coefficient (Wildman–Crippen LogP) is 2.91. The Morgan fingerprint density at radius 3 is 2.75 bits per heavy atom. The molecule has 0 unspecified atom stereocenters. The molecule has 2 rings (SSSR count). The second-order valence-electron chi connectivity index (χ2n) is 3.88. The van der Waals surface area contributed by atoms with Crippen molar-refractivity contribution in [2.45, 2.75) is 6.54 Å². The molecule has 1 aromatic heterocycles. The number of carbonyl (C=O) groups is 2. The van der Waals surface area contributed by atoms with Crippen LogP contribution in [0.25, 0.3) is 0 Å². The summed E-state index contributed by atoms with van der Waals surface area (Å²) in [6, 6.07) is 6.22. The van der Waals surface area contributed by atoms with Crippen molar-refractivity contribution < 1.29 is 19.1 Å². The van der Waals surface area contributed by atoms with Crippen LogP contribution >= 0.6 is 11.3 Å². The van der Waals surface area contributed by atoms with E-state index in [0.29, 0.717) is 6.54 Å². The van der Waals surface area contributed by atoms with Crippen LogP contribution in [0, 0.1) is 5.82 Å². The molecular formula is C13H11FN2O3S. The topological polar surface area (TPSA) is 78.4 Å². The van der Waals surface area contributed by atoms with Gasteiger partial charge in [-0.15, -0.1) is 11.3 Å². The molecular weight excluding hydrogens is 283 g/mol. The SMILES string of the molecule is O=C(NCc1cccs1)Nc1cc(F)ccc1C(=O)O. The van der Waals surface area contributed by atoms with Gasteiger partial charge >= 0.3 is 12.0 Å². The van der Waals surface area contributed by atoms with E-state index in [0.717, 1.165) is 23.1 Å². The molecule has 3 N–H and O–H groups in total. The summed E-state index contributed by atoms with van der Waals surface area (Å²) in [5, 5.41) is 15.7. The lowest BCUT2D eigenvalue weighted by Gasteiger charge is -2.09. The Morgan fingerprint density at radius 1 is 1.30 bits per heavy atom. The molecule has 1 aromatic carbocycles. The van der Waals surface area contributed by atoms with Gasteiger partial charge in [-0.25, -0.2) is 14.0 Å². The van der Waals surface area contributed by atoms with E-state index < -0.39 is 17.8 Å². The maximum absolute atomic E-state index is 13.1. The number of halogens is 1. The molecule has 7 heteroatoms. The molecule has 0 atom stereocenters. The summed E-state index contributed by atoms with van der Waals surface area (Å²) < 4.78 is 13.1. The number of aromatic carboxylic acids is 1. The zero-order chi connectivity index (χ0) is 14.5. The van der Waals surface area contributed by atoms with Crippen molar-refractivity contribution >= 4 is 29.0 Å². The van der Waals surface area contributed by atoms with Gasteiger partial charge in [0.25, 0.3) is 0 Å². The predicted molar refractivity (Wildman–Crippen MR) is 73.5 cm³/mol. The monoisotopic (exact) mass is 294 g/mol. The van der Waals surface area contributed by atoms with Crippen molar-refractivity contribution in [1.29, 1.82) is 0 Å². The number of carboxylic acids is 1. The van der Waals surface area contributed by atoms with Crippen LogP contribution in [0.15, 0.2) is 35.7 Å². The molecule has 5 nitrogen and oxygen atoms in total. The molecule has 1 heterocycles. The van der Waals surface area contributed by atoms with Gasteiger partial charge in [-0.3, -0.25) is 0 Å². The van der Waals surface area contributed by atoms with Crippen LogP contribution in [0.2, 0.25) is 0 Å². The lowest BCUT2D eigenvalue weighted by Crippen LogP contribution is -2.28. The van der Waals surface area contributed by atoms with Crippen molar-refractivity contribution in [3.8, 4) is 0 Å². The molecule has 0 saturated heterocycles. The van der Waals surface area contributed by atoms with Crippen LogP contribution in [-0.4, -0.2) is 17.1 Å². The molecule has 0 aliphatic carbocycles. The normalized spacial score (nSPS) is 10.1. The molecule has 0 aliphatic heterocycles. The van der Waals surface area contributed by atoms with E-state index in [1.807, 2.05) is 17.5 Å². The first kappa shape index (κ1) is 14.0. The van der Waals surface area contributed by atoms with E-state index in [-0.39, 0.29) is 11.3 Å². The third kappa shape index (κ3) is 3.55. The smallest absolute Gasteiger partial charge is 0.337 e. The largest absolute Gasteiger partial charge is 0.478 e. The zero-order valence-electron chi connectivity index (χ0n) is 10.2. The number of carbonyl (C=O) groups excluding carboxylic acids is 1. The molecule has 2 aromatic rings. The highest BCUT2D eigenvalue weighted by Crippen LogP contribution is 2.17. The number of amides is 2. The number of benzene rings is 1. The van der Waals surface area contributed by atoms with Gasteiger partial charge in [0.1, 0.15) is 5.82 Å². The van der Waals surface area contributed by atoms with Crippen molar-refractivity contribution in [3.05, 3.63) is 52.0 Å². The van der Waals surface area contributed by atoms with Crippen molar-refractivity contribution in [3.63, 3.8) is 0 Å². The van der Waals surface area contributed by atoms with Crippen molar-refractivity contribution in [1.82, 2.24) is 5.32 Å². The Kier molecular flexibility index (Phi) is 4.31. The zero-order valence-corrected chi connectivity index (χ0v) is 11.0. The fraction of sp³-hybridized carbons (Fsp3) is 0.0769. The quantitative estimate of drug-likeness (QED) is 0.811. The molecule has 20 heavy (non-hydrogen) atoms. The number of hydrogen-bond acceptors (Lipinski definition) is 3. The third-order valence-corrected chi connectivity index (χ3v) is 3.34. The van der Waals surface area contributed by atoms with Crippen molar-refractivity contribution in [2.24, 2.45) is 0 Å². The van der Waals surface area contributed by atoms with E-state index in [9.17, 15) is 14.0 Å². The average Bonchev–Trinajstić information content (AvgIpc) is 2.89. The fourth-order valence-corrected chi connectivity index (χ4v) is 2.20. The maximum Gasteiger partial charge on any atom is 0.337 e. The minimum atomic E-state index is -1.24. The summed E-state index contributed by atoms with van der Waals surface area (Å²) in [4.78, 5) is 23.6. The standard InChI is InChI=1S/C13H11FN2O3S/c14-8-3-4-10(12(17)18)11(6-8)16-13(19)15-7-9-2-1-5-20-9/h1-6H,7H2,(H,17,18)(H2,15,16,19). The van der Waals surface area contributed by atoms with Gasteiger partial charge in [0.05, 0.1) is 17.8 Å². The summed E-state index contributed by atoms with van der Waals surface area (Å²) in [6.45, 7) is 0.321. The molecule has 0 bridgehead atoms. The van der Waals surface area contributed by atoms with Crippen LogP contribution in [-0.2, 0) is 6.54 Å². The highest BCUT2D eigenvalue weighted by atomic mass is 32.1. The van der Waals surface area contributed by atoms with Gasteiger partial charge in [0, 0.05) is 4.88 Å². The fourth-order valence-electron chi connectivity index (χ4n) is 1.55. The summed E-state index contributed by atoms with van der Waals surface area (Å²) >= 11 is 1.49. The van der Waals surface area contributed by atoms with E-state index >= 15 is 0 Å². The number of rotatable bonds is 4. The minimum absolute atomic E-state index is 0.0822. The Labute approximate surface area is 118 Å². The number of carboxylic acid groups (broad SMARTS) is 1. The van der Waals surface area contributed by atoms with Crippen LogP contribution in [0.1, 0.15) is 15.2 Å². The molecule has 2 amide bonds. The first-order chi connectivity index (χ1) is 9.56. The summed E-state index contributed by atoms with van der Waals surface area (Å²) in [7, 11) is 0. The molecule has 0 saturated carbocycles. The van der Waals surface area contributed by atoms with Crippen LogP contribution in [0.3, 0.4) is 0 Å². The number of urea groups is 1. The van der Waals surface area contributed by atoms with Gasteiger partial charge in [0.2, 0.25) is 0 Å². The molecule has 0 spiro atoms. The Hall–Kier alpha value is -2.41. The Morgan fingerprint density at radius 2 is 2.10 bits per heavy atom. The highest BCUT2D eigenvalue weighted by molar-refractivity contribution is 7.09. The van der Waals surface area contributed by atoms with Crippen LogP contribution in [0.5, 0.6) is 0 Å². The van der Waals surface area contributed by atoms with E-state index in [1.165, 1.54) is 11.3 Å². The number of anilines is 1. The molecule has 104 valence electrons. The molecule has 0 aliphatic rings. The second kappa shape index (κ2) is 6.16. The van der Waals surface area contributed by atoms with E-state index in [1.54, 1.807) is 0 Å². The Balaban J connectivity index is 2.03. The van der Waals surface area contributed by atoms with Crippen LogP contribution in [0.4, 0.5) is 14.9 Å². The number of hydrogen-bond donors (Lipinski definition) is 3. The first-order valence-corrected chi connectivity index (χ1v) is 6.54. The van der Waals surface area contributed by atoms with Crippen LogP contribution < -0.4 is 10.6 Å². The highest BCUT2D eigenvalue weighted by Gasteiger charge is 2.13. The Bertz CT molecular complexity index is 629. The summed E-state index contributed by atoms with van der Waals surface area (Å²) in [6.07, 6.45) is 0. The first-order valence-electron chi connectivity index (χ1n) is 5.66. The van der Waals surface area contributed by atoms with Gasteiger partial charge in [-0.05, 0) is 29.6 Å². The molecule has 0 radical (unpaired) electrons. The minimum Gasteiger partial charge on any atom is -0.478 e. The third-order valence-electron chi connectivity index (χ3n) is 2.46. The van der Waals surface area contributed by atoms with Gasteiger partial charge in [-0.2, -0.15) is 0 Å². The maximum atomic E-state index is 13.1. The average molecular weight is 294 g/mol. The number of nitrogens with one attached hydrogen (secondary N) is 2. The lowest BCUT2D eigenvalue weighted by molar-refractivity contribution is 0.0698. The molecule has 0 fully saturated rings. The van der Waals surface area contributed by atoms with E-state index in [4.69, 9.17) is 5.11 Å². The van der Waals surface area contributed by atoms with Gasteiger partial charge < -0.3 is 15.7 Å². The summed E-state index contributed by atoms with van der Waals surface area (Å²) in [5.74, 6) is -1.86. The van der Waals surface area contributed by atoms with Gasteiger partial charge in [-0.1, -0.05) is 6.07 Å². The second-order valence-corrected chi connectivity index (χ2v) is 4.91. The van der Waals surface area contributed by atoms with Crippen molar-refractivity contribution in [2.75, 3.05) is 5.32 Å². The summed E-state index contributed by atoms with van der Waals surface area (Å²) in [5.41, 5.74) is -0.251. The lowest BCUT2D eigenvalue weighted by atomic mass is 10.2. The van der Waals surface area contributed by atoms with Gasteiger partial charge in [0.15, 0.2) is 0 Å². The van der Waals surface area contributed by atoms with E-state index in [2.05, 4.69) is 10.6 Å².